The number of aromatic nitrogens is 2. The summed E-state index contributed by atoms with van der Waals surface area (Å²) < 4.78 is 10.5. The highest BCUT2D eigenvalue weighted by Gasteiger charge is 2.22. The van der Waals surface area contributed by atoms with Crippen molar-refractivity contribution in [2.45, 2.75) is 19.0 Å². The molecule has 0 saturated heterocycles. The number of carbonyl (C=O) groups excluding carboxylic acids is 1. The first-order valence-corrected chi connectivity index (χ1v) is 8.10. The third-order valence-corrected chi connectivity index (χ3v) is 4.09. The predicted octanol–water partition coefficient (Wildman–Crippen LogP) is 2.57. The molecule has 6 nitrogen and oxygen atoms in total. The summed E-state index contributed by atoms with van der Waals surface area (Å²) in [6, 6.07) is 0. The first kappa shape index (κ1) is 14.9. The van der Waals surface area contributed by atoms with Gasteiger partial charge in [0.25, 0.3) is 0 Å². The number of hydrogen-bond donors (Lipinski definition) is 1. The van der Waals surface area contributed by atoms with E-state index in [4.69, 9.17) is 15.2 Å². The summed E-state index contributed by atoms with van der Waals surface area (Å²) >= 11 is 2.60. The quantitative estimate of drug-likeness (QED) is 0.515. The number of rotatable bonds is 5. The van der Waals surface area contributed by atoms with E-state index in [0.717, 1.165) is 0 Å². The molecule has 0 unspecified atom stereocenters. The molecule has 0 amide bonds. The molecule has 0 spiro atoms. The molecule has 0 fully saturated rings. The van der Waals surface area contributed by atoms with Crippen LogP contribution >= 0.6 is 23.1 Å². The van der Waals surface area contributed by atoms with Crippen LogP contribution in [0.15, 0.2) is 5.16 Å². The van der Waals surface area contributed by atoms with E-state index in [1.165, 1.54) is 23.1 Å². The summed E-state index contributed by atoms with van der Waals surface area (Å²) in [6.45, 7) is 4.37. The fourth-order valence-electron chi connectivity index (χ4n) is 1.65. The number of hydrogen-bond acceptors (Lipinski definition) is 8. The van der Waals surface area contributed by atoms with Crippen LogP contribution in [0.25, 0.3) is 10.2 Å². The topological polar surface area (TPSA) is 87.3 Å². The first-order valence-electron chi connectivity index (χ1n) is 6.06. The molecular formula is C12H15N3O3S2. The number of nitrogen functional groups attached to an aromatic ring is 1. The minimum absolute atomic E-state index is 0.298. The lowest BCUT2D eigenvalue weighted by Gasteiger charge is -2.05. The largest absolute Gasteiger partial charge is 0.477 e. The van der Waals surface area contributed by atoms with E-state index < -0.39 is 5.97 Å². The average molecular weight is 313 g/mol. The van der Waals surface area contributed by atoms with Gasteiger partial charge in [-0.3, -0.25) is 0 Å². The molecule has 0 aliphatic heterocycles. The second-order valence-corrected chi connectivity index (χ2v) is 5.47. The lowest BCUT2D eigenvalue weighted by Crippen LogP contribution is -2.05. The number of carbonyl (C=O) groups is 1. The van der Waals surface area contributed by atoms with Gasteiger partial charge in [-0.15, -0.1) is 11.3 Å². The number of esters is 1. The zero-order valence-electron chi connectivity index (χ0n) is 11.4. The van der Waals surface area contributed by atoms with Crippen molar-refractivity contribution >= 4 is 45.0 Å². The summed E-state index contributed by atoms with van der Waals surface area (Å²) in [5.41, 5.74) is 6.35. The molecule has 2 N–H and O–H groups in total. The minimum Gasteiger partial charge on any atom is -0.477 e. The highest BCUT2D eigenvalue weighted by Crippen LogP contribution is 2.38. The van der Waals surface area contributed by atoms with E-state index in [0.29, 0.717) is 45.0 Å². The second-order valence-electron chi connectivity index (χ2n) is 3.69. The van der Waals surface area contributed by atoms with Crippen molar-refractivity contribution < 1.29 is 14.3 Å². The number of ether oxygens (including phenoxy) is 2. The van der Waals surface area contributed by atoms with Crippen LogP contribution in [-0.4, -0.2) is 35.4 Å². The molecule has 0 aromatic carbocycles. The maximum atomic E-state index is 11.9. The van der Waals surface area contributed by atoms with Crippen LogP contribution in [0.3, 0.4) is 0 Å². The summed E-state index contributed by atoms with van der Waals surface area (Å²) in [7, 11) is 0. The Bertz CT molecular complexity index is 642. The molecule has 0 aliphatic rings. The Balaban J connectivity index is 2.62. The van der Waals surface area contributed by atoms with Crippen molar-refractivity contribution in [2.24, 2.45) is 0 Å². The van der Waals surface area contributed by atoms with Gasteiger partial charge in [0.1, 0.15) is 9.71 Å². The van der Waals surface area contributed by atoms with E-state index >= 15 is 0 Å². The lowest BCUT2D eigenvalue weighted by atomic mass is 10.3. The molecular weight excluding hydrogens is 298 g/mol. The van der Waals surface area contributed by atoms with Gasteiger partial charge in [-0.25, -0.2) is 9.78 Å². The van der Waals surface area contributed by atoms with Crippen LogP contribution in [-0.2, 0) is 4.74 Å². The van der Waals surface area contributed by atoms with Gasteiger partial charge in [0.15, 0.2) is 5.16 Å². The Hall–Kier alpha value is -1.54. The number of thiophene rings is 1. The van der Waals surface area contributed by atoms with Crippen LogP contribution in [0, 0.1) is 0 Å². The van der Waals surface area contributed by atoms with Crippen molar-refractivity contribution in [1.29, 1.82) is 0 Å². The molecule has 2 aromatic heterocycles. The maximum Gasteiger partial charge on any atom is 0.350 e. The molecule has 0 saturated carbocycles. The van der Waals surface area contributed by atoms with Crippen molar-refractivity contribution in [2.75, 3.05) is 25.2 Å². The third kappa shape index (κ3) is 2.66. The third-order valence-electron chi connectivity index (χ3n) is 2.46. The zero-order valence-corrected chi connectivity index (χ0v) is 13.1. The Morgan fingerprint density at radius 1 is 1.35 bits per heavy atom. The number of nitrogens with zero attached hydrogens (tertiary/aromatic N) is 2. The number of anilines is 1. The van der Waals surface area contributed by atoms with Gasteiger partial charge < -0.3 is 15.2 Å². The maximum absolute atomic E-state index is 11.9. The molecule has 8 heteroatoms. The summed E-state index contributed by atoms with van der Waals surface area (Å²) in [5.74, 6) is -0.0349. The van der Waals surface area contributed by atoms with E-state index in [1.807, 2.05) is 13.2 Å². The first-order chi connectivity index (χ1) is 9.62. The predicted molar refractivity (Wildman–Crippen MR) is 80.7 cm³/mol. The minimum atomic E-state index is -0.443. The summed E-state index contributed by atoms with van der Waals surface area (Å²) in [5, 5.41) is 1.16. The molecule has 2 aromatic rings. The summed E-state index contributed by atoms with van der Waals surface area (Å²) in [6.07, 6.45) is 1.88. The van der Waals surface area contributed by atoms with Crippen LogP contribution in [0.5, 0.6) is 5.88 Å². The Morgan fingerprint density at radius 2 is 2.10 bits per heavy atom. The fourth-order valence-corrected chi connectivity index (χ4v) is 3.05. The normalized spacial score (nSPS) is 10.8. The highest BCUT2D eigenvalue weighted by atomic mass is 32.2. The molecule has 0 atom stereocenters. The van der Waals surface area contributed by atoms with Crippen molar-refractivity contribution in [3.8, 4) is 5.88 Å². The van der Waals surface area contributed by atoms with Gasteiger partial charge in [0, 0.05) is 0 Å². The molecule has 108 valence electrons. The van der Waals surface area contributed by atoms with Crippen molar-refractivity contribution in [3.05, 3.63) is 4.88 Å². The van der Waals surface area contributed by atoms with Crippen LogP contribution in [0.4, 0.5) is 5.69 Å². The van der Waals surface area contributed by atoms with E-state index in [-0.39, 0.29) is 0 Å². The van der Waals surface area contributed by atoms with Crippen molar-refractivity contribution in [1.82, 2.24) is 9.97 Å². The molecule has 0 radical (unpaired) electrons. The Kier molecular flexibility index (Phi) is 4.66. The van der Waals surface area contributed by atoms with Gasteiger partial charge in [0.2, 0.25) is 5.88 Å². The number of fused-ring (bicyclic) bond motifs is 1. The van der Waals surface area contributed by atoms with Crippen LogP contribution in [0.2, 0.25) is 0 Å². The Labute approximate surface area is 124 Å². The van der Waals surface area contributed by atoms with Crippen LogP contribution < -0.4 is 10.5 Å². The van der Waals surface area contributed by atoms with Gasteiger partial charge in [-0.2, -0.15) is 4.98 Å². The SMILES string of the molecule is CCOC(=O)c1sc2nc(SC)nc(OCC)c2c1N. The van der Waals surface area contributed by atoms with Crippen molar-refractivity contribution in [3.63, 3.8) is 0 Å². The van der Waals surface area contributed by atoms with E-state index in [1.54, 1.807) is 6.92 Å². The Morgan fingerprint density at radius 3 is 2.70 bits per heavy atom. The van der Waals surface area contributed by atoms with Gasteiger partial charge in [-0.05, 0) is 20.1 Å². The van der Waals surface area contributed by atoms with Gasteiger partial charge in [0.05, 0.1) is 24.3 Å². The number of thioether (sulfide) groups is 1. The zero-order chi connectivity index (χ0) is 14.7. The van der Waals surface area contributed by atoms with Gasteiger partial charge >= 0.3 is 5.97 Å². The molecule has 2 rings (SSSR count). The number of nitrogens with two attached hydrogens (primary N) is 1. The molecule has 2 heterocycles. The molecule has 20 heavy (non-hydrogen) atoms. The average Bonchev–Trinajstić information content (AvgIpc) is 2.77. The van der Waals surface area contributed by atoms with Gasteiger partial charge in [-0.1, -0.05) is 11.8 Å². The summed E-state index contributed by atoms with van der Waals surface area (Å²) in [4.78, 5) is 21.5. The van der Waals surface area contributed by atoms with Crippen LogP contribution in [0.1, 0.15) is 23.5 Å². The molecule has 0 aliphatic carbocycles. The lowest BCUT2D eigenvalue weighted by molar-refractivity contribution is 0.0533. The standard InChI is InChI=1S/C12H15N3O3S2/c1-4-17-9-6-7(13)8(11(16)18-5-2)20-10(6)15-12(14-9)19-3/h4-5,13H2,1-3H3. The monoisotopic (exact) mass is 313 g/mol. The highest BCUT2D eigenvalue weighted by molar-refractivity contribution is 7.98. The smallest absolute Gasteiger partial charge is 0.350 e. The van der Waals surface area contributed by atoms with E-state index in [9.17, 15) is 4.79 Å². The second kappa shape index (κ2) is 6.27. The fraction of sp³-hybridized carbons (Fsp3) is 0.417. The molecule has 0 bridgehead atoms. The van der Waals surface area contributed by atoms with E-state index in [2.05, 4.69) is 9.97 Å².